The summed E-state index contributed by atoms with van der Waals surface area (Å²) < 4.78 is 4.98. The van der Waals surface area contributed by atoms with E-state index in [1.807, 2.05) is 12.1 Å². The molecule has 0 fully saturated rings. The maximum atomic E-state index is 12.7. The number of esters is 1. The van der Waals surface area contributed by atoms with Gasteiger partial charge in [0.05, 0.1) is 11.6 Å². The Bertz CT molecular complexity index is 786. The number of nitrogens with two attached hydrogens (primary N) is 1. The van der Waals surface area contributed by atoms with Gasteiger partial charge in [-0.25, -0.2) is 4.79 Å². The summed E-state index contributed by atoms with van der Waals surface area (Å²) in [6.07, 6.45) is 1.33. The van der Waals surface area contributed by atoms with Crippen molar-refractivity contribution in [3.05, 3.63) is 76.5 Å². The van der Waals surface area contributed by atoms with Gasteiger partial charge in [0.1, 0.15) is 5.57 Å². The number of carbonyl (C=O) groups is 2. The molecule has 0 saturated heterocycles. The first kappa shape index (κ1) is 18.7. The molecule has 0 saturated carbocycles. The van der Waals surface area contributed by atoms with E-state index >= 15 is 0 Å². The highest BCUT2D eigenvalue weighted by Crippen LogP contribution is 2.20. The van der Waals surface area contributed by atoms with Crippen LogP contribution in [-0.4, -0.2) is 18.4 Å². The van der Waals surface area contributed by atoms with E-state index in [2.05, 4.69) is 5.32 Å². The predicted molar refractivity (Wildman–Crippen MR) is 98.5 cm³/mol. The van der Waals surface area contributed by atoms with Crippen LogP contribution in [-0.2, 0) is 16.1 Å². The van der Waals surface area contributed by atoms with E-state index in [0.717, 1.165) is 5.56 Å². The molecule has 3 N–H and O–H groups in total. The van der Waals surface area contributed by atoms with E-state index in [9.17, 15) is 9.59 Å². The highest BCUT2D eigenvalue weighted by atomic mass is 35.5. The number of hydrogen-bond acceptors (Lipinski definition) is 5. The van der Waals surface area contributed by atoms with E-state index in [4.69, 9.17) is 22.1 Å². The smallest absolute Gasteiger partial charge is 0.343 e. The number of anilines is 1. The maximum absolute atomic E-state index is 12.7. The summed E-state index contributed by atoms with van der Waals surface area (Å²) in [5, 5.41) is 3.21. The normalized spacial score (nSPS) is 11.1. The molecule has 0 spiro atoms. The van der Waals surface area contributed by atoms with Gasteiger partial charge in [0.2, 0.25) is 5.78 Å². The quantitative estimate of drug-likeness (QED) is 0.260. The second-order valence-corrected chi connectivity index (χ2v) is 5.54. The topological polar surface area (TPSA) is 81.4 Å². The van der Waals surface area contributed by atoms with Crippen molar-refractivity contribution in [2.24, 2.45) is 5.73 Å². The Morgan fingerprint density at radius 3 is 2.44 bits per heavy atom. The van der Waals surface area contributed by atoms with Gasteiger partial charge in [-0.2, -0.15) is 0 Å². The minimum atomic E-state index is -0.710. The zero-order valence-corrected chi connectivity index (χ0v) is 14.5. The molecule has 0 aliphatic carbocycles. The molecule has 0 unspecified atom stereocenters. The summed E-state index contributed by atoms with van der Waals surface area (Å²) in [7, 11) is 0. The van der Waals surface area contributed by atoms with Gasteiger partial charge < -0.3 is 15.8 Å². The molecule has 25 heavy (non-hydrogen) atoms. The van der Waals surface area contributed by atoms with Gasteiger partial charge in [0.15, 0.2) is 0 Å². The first-order valence-corrected chi connectivity index (χ1v) is 8.16. The molecule has 0 amide bonds. The van der Waals surface area contributed by atoms with Crippen LogP contribution in [0.1, 0.15) is 22.8 Å². The molecule has 0 heterocycles. The van der Waals surface area contributed by atoms with Gasteiger partial charge in [-0.3, -0.25) is 4.79 Å². The minimum Gasteiger partial charge on any atom is -0.462 e. The fourth-order valence-electron chi connectivity index (χ4n) is 2.11. The lowest BCUT2D eigenvalue weighted by molar-refractivity contribution is -0.138. The number of Topliss-reactive ketones (excluding diaryl/α,β-unsaturated/α-hetero) is 1. The highest BCUT2D eigenvalue weighted by Gasteiger charge is 2.22. The molecule has 0 atom stereocenters. The van der Waals surface area contributed by atoms with E-state index in [-0.39, 0.29) is 22.8 Å². The molecule has 2 aromatic rings. The summed E-state index contributed by atoms with van der Waals surface area (Å²) in [6, 6.07) is 13.9. The van der Waals surface area contributed by atoms with Crippen LogP contribution in [0.15, 0.2) is 60.3 Å². The van der Waals surface area contributed by atoms with Crippen molar-refractivity contribution in [3.63, 3.8) is 0 Å². The Hall–Kier alpha value is -2.63. The third kappa shape index (κ3) is 4.92. The van der Waals surface area contributed by atoms with Crippen LogP contribution in [0.5, 0.6) is 0 Å². The Morgan fingerprint density at radius 2 is 1.84 bits per heavy atom. The largest absolute Gasteiger partial charge is 0.462 e. The number of ether oxygens (including phenoxy) is 1. The Balaban J connectivity index is 2.30. The maximum Gasteiger partial charge on any atom is 0.343 e. The molecule has 6 heteroatoms. The van der Waals surface area contributed by atoms with Crippen LogP contribution < -0.4 is 11.1 Å². The average Bonchev–Trinajstić information content (AvgIpc) is 2.63. The molecule has 130 valence electrons. The summed E-state index contributed by atoms with van der Waals surface area (Å²) >= 11 is 6.06. The number of halogens is 1. The van der Waals surface area contributed by atoms with Crippen molar-refractivity contribution >= 4 is 29.0 Å². The fraction of sp³-hybridized carbons (Fsp3) is 0.158. The molecule has 0 aliphatic heterocycles. The number of benzene rings is 2. The molecule has 0 bridgehead atoms. The predicted octanol–water partition coefficient (Wildman–Crippen LogP) is 3.54. The van der Waals surface area contributed by atoms with Gasteiger partial charge in [-0.1, -0.05) is 35.9 Å². The van der Waals surface area contributed by atoms with E-state index in [1.54, 1.807) is 43.3 Å². The molecule has 5 nitrogen and oxygen atoms in total. The first-order chi connectivity index (χ1) is 12.1. The first-order valence-electron chi connectivity index (χ1n) is 7.79. The van der Waals surface area contributed by atoms with Gasteiger partial charge in [0.25, 0.3) is 0 Å². The van der Waals surface area contributed by atoms with Crippen LogP contribution in [0.3, 0.4) is 0 Å². The molecule has 2 rings (SSSR count). The van der Waals surface area contributed by atoms with E-state index in [0.29, 0.717) is 12.2 Å². The summed E-state index contributed by atoms with van der Waals surface area (Å²) in [6.45, 7) is 2.28. The van der Waals surface area contributed by atoms with Crippen LogP contribution >= 0.6 is 11.6 Å². The molecule has 2 aromatic carbocycles. The van der Waals surface area contributed by atoms with Crippen molar-refractivity contribution in [1.29, 1.82) is 0 Å². The van der Waals surface area contributed by atoms with Crippen LogP contribution in [0.4, 0.5) is 5.69 Å². The fourth-order valence-corrected chi connectivity index (χ4v) is 2.33. The summed E-state index contributed by atoms with van der Waals surface area (Å²) in [4.78, 5) is 24.9. The van der Waals surface area contributed by atoms with Gasteiger partial charge in [-0.15, -0.1) is 0 Å². The Labute approximate surface area is 151 Å². The molecular formula is C19H19ClN2O3. The summed E-state index contributed by atoms with van der Waals surface area (Å²) in [5.74, 6) is -1.21. The lowest BCUT2D eigenvalue weighted by Gasteiger charge is -2.09. The molecule has 0 aromatic heterocycles. The van der Waals surface area contributed by atoms with Crippen molar-refractivity contribution in [2.75, 3.05) is 11.9 Å². The second kappa shape index (κ2) is 9.01. The third-order valence-corrected chi connectivity index (χ3v) is 3.76. The average molecular weight is 359 g/mol. The SMILES string of the molecule is CCOC(=O)C(=CNc1ccc(CN)cc1)C(=O)c1ccccc1Cl. The van der Waals surface area contributed by atoms with Gasteiger partial charge >= 0.3 is 5.97 Å². The number of rotatable bonds is 7. The van der Waals surface area contributed by atoms with Crippen LogP contribution in [0.2, 0.25) is 5.02 Å². The van der Waals surface area contributed by atoms with Crippen LogP contribution in [0.25, 0.3) is 0 Å². The minimum absolute atomic E-state index is 0.127. The van der Waals surface area contributed by atoms with Crippen molar-refractivity contribution in [3.8, 4) is 0 Å². The summed E-state index contributed by atoms with van der Waals surface area (Å²) in [5.41, 5.74) is 7.37. The molecular weight excluding hydrogens is 340 g/mol. The second-order valence-electron chi connectivity index (χ2n) is 5.13. The zero-order valence-electron chi connectivity index (χ0n) is 13.8. The van der Waals surface area contributed by atoms with Gasteiger partial charge in [-0.05, 0) is 36.8 Å². The third-order valence-electron chi connectivity index (χ3n) is 3.43. The van der Waals surface area contributed by atoms with E-state index < -0.39 is 11.8 Å². The number of ketones is 1. The monoisotopic (exact) mass is 358 g/mol. The van der Waals surface area contributed by atoms with Crippen molar-refractivity contribution in [2.45, 2.75) is 13.5 Å². The van der Waals surface area contributed by atoms with Crippen LogP contribution in [0, 0.1) is 0 Å². The highest BCUT2D eigenvalue weighted by molar-refractivity contribution is 6.36. The molecule has 0 aliphatic rings. The lowest BCUT2D eigenvalue weighted by atomic mass is 10.0. The van der Waals surface area contributed by atoms with Crippen molar-refractivity contribution < 1.29 is 14.3 Å². The van der Waals surface area contributed by atoms with Crippen molar-refractivity contribution in [1.82, 2.24) is 0 Å². The lowest BCUT2D eigenvalue weighted by Crippen LogP contribution is -2.18. The number of nitrogens with one attached hydrogen (secondary N) is 1. The zero-order chi connectivity index (χ0) is 18.2. The van der Waals surface area contributed by atoms with E-state index in [1.165, 1.54) is 6.20 Å². The standard InChI is InChI=1S/C19H19ClN2O3/c1-2-25-19(24)16(18(23)15-5-3-4-6-17(15)20)12-22-14-9-7-13(11-21)8-10-14/h3-10,12,22H,2,11,21H2,1H3. The Morgan fingerprint density at radius 1 is 1.16 bits per heavy atom. The number of carbonyl (C=O) groups excluding carboxylic acids is 2. The molecule has 0 radical (unpaired) electrons. The Kier molecular flexibility index (Phi) is 6.74. The number of hydrogen-bond donors (Lipinski definition) is 2. The van der Waals surface area contributed by atoms with Gasteiger partial charge in [0, 0.05) is 24.0 Å².